The third-order valence-electron chi connectivity index (χ3n) is 5.42. The Hall–Kier alpha value is -2.14. The van der Waals surface area contributed by atoms with Crippen LogP contribution in [0.25, 0.3) is 0 Å². The van der Waals surface area contributed by atoms with Crippen LogP contribution in [0.5, 0.6) is 0 Å². The molecule has 0 bridgehead atoms. The maximum absolute atomic E-state index is 13.1. The molecule has 24 heavy (non-hydrogen) atoms. The monoisotopic (exact) mass is 324 g/mol. The summed E-state index contributed by atoms with van der Waals surface area (Å²) in [6.07, 6.45) is 4.94. The quantitative estimate of drug-likeness (QED) is 0.850. The Morgan fingerprint density at radius 1 is 1.21 bits per heavy atom. The predicted molar refractivity (Wildman–Crippen MR) is 93.9 cm³/mol. The van der Waals surface area contributed by atoms with Gasteiger partial charge in [-0.3, -0.25) is 9.69 Å². The molecule has 5 nitrogen and oxygen atoms in total. The van der Waals surface area contributed by atoms with E-state index in [1.807, 2.05) is 31.3 Å². The van der Waals surface area contributed by atoms with Gasteiger partial charge in [0.25, 0.3) is 0 Å². The fourth-order valence-electron chi connectivity index (χ4n) is 3.95. The van der Waals surface area contributed by atoms with Crippen LogP contribution in [0.1, 0.15) is 30.3 Å². The van der Waals surface area contributed by atoms with Gasteiger partial charge in [0, 0.05) is 44.5 Å². The standard InChI is InChI=1S/C19H24N4O/c1-14(22-11-9-18-16(12-22)20-13-21(18)2)19(24)23-10-5-7-15-6-3-4-8-17(15)23/h3-4,6,8,13-14H,5,7,9-12H2,1-2H3/t14-/m0/s1. The summed E-state index contributed by atoms with van der Waals surface area (Å²) in [5.41, 5.74) is 4.79. The zero-order chi connectivity index (χ0) is 16.7. The van der Waals surface area contributed by atoms with Gasteiger partial charge >= 0.3 is 0 Å². The number of hydrogen-bond donors (Lipinski definition) is 0. The topological polar surface area (TPSA) is 41.4 Å². The average Bonchev–Trinajstić information content (AvgIpc) is 3.00. The number of nitrogens with zero attached hydrogens (tertiary/aromatic N) is 4. The molecule has 1 atom stereocenters. The molecule has 126 valence electrons. The van der Waals surface area contributed by atoms with E-state index in [9.17, 15) is 4.79 Å². The first-order chi connectivity index (χ1) is 11.6. The number of rotatable bonds is 2. The Morgan fingerprint density at radius 3 is 2.92 bits per heavy atom. The summed E-state index contributed by atoms with van der Waals surface area (Å²) in [5.74, 6) is 0.210. The number of benzene rings is 1. The van der Waals surface area contributed by atoms with Gasteiger partial charge in [-0.2, -0.15) is 0 Å². The highest BCUT2D eigenvalue weighted by Crippen LogP contribution is 2.28. The number of carbonyl (C=O) groups is 1. The predicted octanol–water partition coefficient (Wildman–Crippen LogP) is 2.15. The molecular weight excluding hydrogens is 300 g/mol. The molecular formula is C19H24N4O. The van der Waals surface area contributed by atoms with Crippen molar-refractivity contribution in [3.8, 4) is 0 Å². The molecule has 5 heteroatoms. The molecule has 1 aromatic heterocycles. The van der Waals surface area contributed by atoms with Crippen molar-refractivity contribution in [1.82, 2.24) is 14.5 Å². The Morgan fingerprint density at radius 2 is 2.04 bits per heavy atom. The Labute approximate surface area is 142 Å². The minimum Gasteiger partial charge on any atom is -0.337 e. The molecule has 0 spiro atoms. The first-order valence-corrected chi connectivity index (χ1v) is 8.77. The fraction of sp³-hybridized carbons (Fsp3) is 0.474. The summed E-state index contributed by atoms with van der Waals surface area (Å²) in [4.78, 5) is 21.9. The van der Waals surface area contributed by atoms with E-state index in [4.69, 9.17) is 0 Å². The molecule has 0 radical (unpaired) electrons. The van der Waals surface area contributed by atoms with Crippen molar-refractivity contribution < 1.29 is 4.79 Å². The minimum absolute atomic E-state index is 0.119. The van der Waals surface area contributed by atoms with Gasteiger partial charge in [-0.05, 0) is 31.4 Å². The number of carbonyl (C=O) groups excluding carboxylic acids is 1. The molecule has 2 aliphatic rings. The van der Waals surface area contributed by atoms with Gasteiger partial charge in [0.1, 0.15) is 0 Å². The van der Waals surface area contributed by atoms with Crippen LogP contribution in [0.2, 0.25) is 0 Å². The molecule has 2 aromatic rings. The third-order valence-corrected chi connectivity index (χ3v) is 5.42. The maximum Gasteiger partial charge on any atom is 0.244 e. The first kappa shape index (κ1) is 15.4. The minimum atomic E-state index is -0.119. The van der Waals surface area contributed by atoms with Crippen molar-refractivity contribution in [3.05, 3.63) is 47.5 Å². The maximum atomic E-state index is 13.1. The molecule has 0 N–H and O–H groups in total. The van der Waals surface area contributed by atoms with Gasteiger partial charge in [-0.1, -0.05) is 18.2 Å². The fourth-order valence-corrected chi connectivity index (χ4v) is 3.95. The average molecular weight is 324 g/mol. The van der Waals surface area contributed by atoms with Gasteiger partial charge in [-0.15, -0.1) is 0 Å². The summed E-state index contributed by atoms with van der Waals surface area (Å²) in [6.45, 7) is 4.53. The molecule has 2 aliphatic heterocycles. The summed E-state index contributed by atoms with van der Waals surface area (Å²) in [5, 5.41) is 0. The van der Waals surface area contributed by atoms with E-state index in [0.717, 1.165) is 50.3 Å². The molecule has 0 saturated heterocycles. The molecule has 1 aromatic carbocycles. The number of imidazole rings is 1. The molecule has 4 rings (SSSR count). The van der Waals surface area contributed by atoms with Crippen molar-refractivity contribution in [2.45, 2.75) is 38.8 Å². The van der Waals surface area contributed by atoms with Gasteiger partial charge in [0.2, 0.25) is 5.91 Å². The zero-order valence-electron chi connectivity index (χ0n) is 14.4. The zero-order valence-corrected chi connectivity index (χ0v) is 14.4. The lowest BCUT2D eigenvalue weighted by Gasteiger charge is -2.36. The van der Waals surface area contributed by atoms with Crippen molar-refractivity contribution in [2.75, 3.05) is 18.0 Å². The van der Waals surface area contributed by atoms with Crippen molar-refractivity contribution in [3.63, 3.8) is 0 Å². The van der Waals surface area contributed by atoms with Crippen LogP contribution in [-0.2, 0) is 31.2 Å². The largest absolute Gasteiger partial charge is 0.337 e. The molecule has 3 heterocycles. The second-order valence-electron chi connectivity index (χ2n) is 6.87. The Balaban J connectivity index is 1.53. The van der Waals surface area contributed by atoms with Crippen LogP contribution in [0, 0.1) is 0 Å². The molecule has 1 amide bonds. The van der Waals surface area contributed by atoms with Crippen LogP contribution >= 0.6 is 0 Å². The van der Waals surface area contributed by atoms with Gasteiger partial charge in [0.15, 0.2) is 0 Å². The Kier molecular flexibility index (Phi) is 3.88. The van der Waals surface area contributed by atoms with E-state index in [0.29, 0.717) is 0 Å². The second kappa shape index (κ2) is 6.06. The van der Waals surface area contributed by atoms with Crippen LogP contribution in [-0.4, -0.2) is 39.5 Å². The number of anilines is 1. The van der Waals surface area contributed by atoms with E-state index in [2.05, 4.69) is 32.7 Å². The van der Waals surface area contributed by atoms with E-state index >= 15 is 0 Å². The SMILES string of the molecule is C[C@@H](C(=O)N1CCCc2ccccc21)N1CCc2c(ncn2C)C1. The summed E-state index contributed by atoms with van der Waals surface area (Å²) in [7, 11) is 2.04. The van der Waals surface area contributed by atoms with Crippen LogP contribution in [0.3, 0.4) is 0 Å². The Bertz CT molecular complexity index is 766. The van der Waals surface area contributed by atoms with E-state index in [1.165, 1.54) is 11.3 Å². The van der Waals surface area contributed by atoms with Crippen molar-refractivity contribution >= 4 is 11.6 Å². The number of hydrogen-bond acceptors (Lipinski definition) is 3. The van der Waals surface area contributed by atoms with E-state index < -0.39 is 0 Å². The first-order valence-electron chi connectivity index (χ1n) is 8.77. The molecule has 0 unspecified atom stereocenters. The smallest absolute Gasteiger partial charge is 0.244 e. The lowest BCUT2D eigenvalue weighted by Crippen LogP contribution is -2.50. The summed E-state index contributed by atoms with van der Waals surface area (Å²) in [6, 6.07) is 8.18. The lowest BCUT2D eigenvalue weighted by molar-refractivity contribution is -0.123. The molecule has 0 fully saturated rings. The highest BCUT2D eigenvalue weighted by molar-refractivity contribution is 5.98. The highest BCUT2D eigenvalue weighted by Gasteiger charge is 2.32. The van der Waals surface area contributed by atoms with Gasteiger partial charge in [0.05, 0.1) is 18.1 Å². The third kappa shape index (κ3) is 2.53. The number of amides is 1. The second-order valence-corrected chi connectivity index (χ2v) is 6.87. The summed E-state index contributed by atoms with van der Waals surface area (Å²) >= 11 is 0. The molecule has 0 saturated carbocycles. The van der Waals surface area contributed by atoms with E-state index in [-0.39, 0.29) is 11.9 Å². The van der Waals surface area contributed by atoms with E-state index in [1.54, 1.807) is 0 Å². The van der Waals surface area contributed by atoms with Crippen LogP contribution < -0.4 is 4.90 Å². The van der Waals surface area contributed by atoms with Crippen molar-refractivity contribution in [2.24, 2.45) is 7.05 Å². The van der Waals surface area contributed by atoms with Gasteiger partial charge < -0.3 is 9.47 Å². The van der Waals surface area contributed by atoms with Crippen LogP contribution in [0.4, 0.5) is 5.69 Å². The summed E-state index contributed by atoms with van der Waals surface area (Å²) < 4.78 is 2.10. The molecule has 0 aliphatic carbocycles. The van der Waals surface area contributed by atoms with Gasteiger partial charge in [-0.25, -0.2) is 4.98 Å². The number of fused-ring (bicyclic) bond motifs is 2. The van der Waals surface area contributed by atoms with Crippen LogP contribution in [0.15, 0.2) is 30.6 Å². The van der Waals surface area contributed by atoms with Crippen molar-refractivity contribution in [1.29, 1.82) is 0 Å². The normalized spacial score (nSPS) is 18.8. The number of aryl methyl sites for hydroxylation is 2. The number of aromatic nitrogens is 2. The lowest BCUT2D eigenvalue weighted by atomic mass is 10.0. The highest BCUT2D eigenvalue weighted by atomic mass is 16.2. The number of para-hydroxylation sites is 1.